The molecule has 0 aliphatic carbocycles. The number of amides is 1. The van der Waals surface area contributed by atoms with Crippen LogP contribution in [0.3, 0.4) is 0 Å². The fourth-order valence-electron chi connectivity index (χ4n) is 2.66. The zero-order valence-corrected chi connectivity index (χ0v) is 14.3. The van der Waals surface area contributed by atoms with Crippen LogP contribution >= 0.6 is 0 Å². The van der Waals surface area contributed by atoms with Crippen LogP contribution in [0.4, 0.5) is 0 Å². The molecule has 0 fully saturated rings. The van der Waals surface area contributed by atoms with E-state index in [-0.39, 0.29) is 18.0 Å². The van der Waals surface area contributed by atoms with Crippen molar-refractivity contribution >= 4 is 16.9 Å². The summed E-state index contributed by atoms with van der Waals surface area (Å²) in [6.45, 7) is 8.45. The number of hydrogen-bond donors (Lipinski definition) is 1. The second kappa shape index (κ2) is 6.38. The Labute approximate surface area is 139 Å². The van der Waals surface area contributed by atoms with Crippen molar-refractivity contribution in [1.82, 2.24) is 34.8 Å². The Balaban J connectivity index is 1.86. The molecule has 0 spiro atoms. The number of pyridine rings is 1. The average molecular weight is 327 g/mol. The van der Waals surface area contributed by atoms with Crippen LogP contribution in [-0.4, -0.2) is 41.5 Å². The molecular weight excluding hydrogens is 306 g/mol. The van der Waals surface area contributed by atoms with E-state index in [9.17, 15) is 4.79 Å². The molecule has 1 amide bonds. The number of nitrogens with zero attached hydrogens (tertiary/aromatic N) is 6. The summed E-state index contributed by atoms with van der Waals surface area (Å²) in [7, 11) is 0. The van der Waals surface area contributed by atoms with E-state index in [1.807, 2.05) is 32.4 Å². The normalized spacial score (nSPS) is 12.7. The summed E-state index contributed by atoms with van der Waals surface area (Å²) < 4.78 is 3.52. The minimum atomic E-state index is -0.138. The predicted octanol–water partition coefficient (Wildman–Crippen LogP) is 1.73. The SMILES string of the molecule is Cc1cc(C(=O)NC(C)Cn2cncn2)c2cnn(C(C)C)c2n1. The number of aromatic nitrogens is 6. The van der Waals surface area contributed by atoms with Gasteiger partial charge in [-0.25, -0.2) is 14.6 Å². The lowest BCUT2D eigenvalue weighted by molar-refractivity contribution is 0.0937. The maximum absolute atomic E-state index is 12.7. The Kier molecular flexibility index (Phi) is 4.28. The topological polar surface area (TPSA) is 90.5 Å². The summed E-state index contributed by atoms with van der Waals surface area (Å²) in [5, 5.41) is 12.2. The molecule has 0 aliphatic rings. The molecule has 3 aromatic rings. The first kappa shape index (κ1) is 16.1. The van der Waals surface area contributed by atoms with Gasteiger partial charge in [0.15, 0.2) is 5.65 Å². The summed E-state index contributed by atoms with van der Waals surface area (Å²) in [6, 6.07) is 1.90. The molecule has 3 rings (SSSR count). The molecule has 0 aliphatic heterocycles. The van der Waals surface area contributed by atoms with Crippen LogP contribution in [0, 0.1) is 6.92 Å². The predicted molar refractivity (Wildman–Crippen MR) is 89.6 cm³/mol. The molecule has 1 atom stereocenters. The molecule has 0 radical (unpaired) electrons. The molecule has 1 unspecified atom stereocenters. The van der Waals surface area contributed by atoms with Crippen LogP contribution < -0.4 is 5.32 Å². The van der Waals surface area contributed by atoms with Crippen molar-refractivity contribution in [2.24, 2.45) is 0 Å². The van der Waals surface area contributed by atoms with Gasteiger partial charge in [0, 0.05) is 17.8 Å². The highest BCUT2D eigenvalue weighted by atomic mass is 16.1. The quantitative estimate of drug-likeness (QED) is 0.770. The number of fused-ring (bicyclic) bond motifs is 1. The molecule has 0 bridgehead atoms. The molecule has 0 aromatic carbocycles. The zero-order chi connectivity index (χ0) is 17.3. The molecule has 8 nitrogen and oxygen atoms in total. The van der Waals surface area contributed by atoms with Crippen molar-refractivity contribution in [3.05, 3.63) is 36.2 Å². The summed E-state index contributed by atoms with van der Waals surface area (Å²) in [6.07, 6.45) is 4.81. The van der Waals surface area contributed by atoms with Crippen molar-refractivity contribution in [1.29, 1.82) is 0 Å². The largest absolute Gasteiger partial charge is 0.348 e. The van der Waals surface area contributed by atoms with Gasteiger partial charge >= 0.3 is 0 Å². The first-order valence-corrected chi connectivity index (χ1v) is 7.94. The van der Waals surface area contributed by atoms with Crippen LogP contribution in [0.25, 0.3) is 11.0 Å². The molecule has 1 N–H and O–H groups in total. The fourth-order valence-corrected chi connectivity index (χ4v) is 2.66. The van der Waals surface area contributed by atoms with Crippen LogP contribution in [0.15, 0.2) is 24.9 Å². The van der Waals surface area contributed by atoms with Gasteiger partial charge in [0.05, 0.1) is 23.7 Å². The van der Waals surface area contributed by atoms with Crippen molar-refractivity contribution < 1.29 is 4.79 Å². The van der Waals surface area contributed by atoms with Gasteiger partial charge in [-0.3, -0.25) is 9.48 Å². The van der Waals surface area contributed by atoms with Gasteiger partial charge in [0.2, 0.25) is 0 Å². The number of carbonyl (C=O) groups is 1. The maximum atomic E-state index is 12.7. The molecule has 3 heterocycles. The first-order chi connectivity index (χ1) is 11.5. The van der Waals surface area contributed by atoms with Crippen molar-refractivity contribution in [3.8, 4) is 0 Å². The Bertz CT molecular complexity index is 851. The third-order valence-corrected chi connectivity index (χ3v) is 3.73. The Morgan fingerprint density at radius 3 is 2.75 bits per heavy atom. The van der Waals surface area contributed by atoms with Gasteiger partial charge in [-0.15, -0.1) is 0 Å². The minimum absolute atomic E-state index is 0.0807. The Hall–Kier alpha value is -2.77. The maximum Gasteiger partial charge on any atom is 0.252 e. The van der Waals surface area contributed by atoms with Crippen LogP contribution in [0.2, 0.25) is 0 Å². The van der Waals surface area contributed by atoms with Gasteiger partial charge in [-0.1, -0.05) is 0 Å². The van der Waals surface area contributed by atoms with Gasteiger partial charge in [-0.2, -0.15) is 10.2 Å². The third kappa shape index (κ3) is 3.12. The highest BCUT2D eigenvalue weighted by molar-refractivity contribution is 6.05. The van der Waals surface area contributed by atoms with Crippen molar-refractivity contribution in [2.45, 2.75) is 46.3 Å². The van der Waals surface area contributed by atoms with Crippen LogP contribution in [0.1, 0.15) is 42.9 Å². The molecule has 3 aromatic heterocycles. The van der Waals surface area contributed by atoms with Crippen molar-refractivity contribution in [3.63, 3.8) is 0 Å². The lowest BCUT2D eigenvalue weighted by Gasteiger charge is -2.14. The Morgan fingerprint density at radius 1 is 1.29 bits per heavy atom. The number of nitrogens with one attached hydrogen (secondary N) is 1. The summed E-state index contributed by atoms with van der Waals surface area (Å²) in [4.78, 5) is 21.1. The van der Waals surface area contributed by atoms with E-state index in [0.717, 1.165) is 16.7 Å². The molecule has 126 valence electrons. The molecular formula is C16H21N7O. The van der Waals surface area contributed by atoms with Crippen molar-refractivity contribution in [2.75, 3.05) is 0 Å². The lowest BCUT2D eigenvalue weighted by Crippen LogP contribution is -2.36. The number of hydrogen-bond acceptors (Lipinski definition) is 5. The average Bonchev–Trinajstić information content (AvgIpc) is 3.15. The van der Waals surface area contributed by atoms with E-state index in [1.54, 1.807) is 23.3 Å². The summed E-state index contributed by atoms with van der Waals surface area (Å²) >= 11 is 0. The number of carbonyl (C=O) groups excluding carboxylic acids is 1. The number of aryl methyl sites for hydroxylation is 1. The monoisotopic (exact) mass is 327 g/mol. The highest BCUT2D eigenvalue weighted by Gasteiger charge is 2.18. The second-order valence-corrected chi connectivity index (χ2v) is 6.22. The van der Waals surface area contributed by atoms with Gasteiger partial charge in [0.1, 0.15) is 12.7 Å². The van der Waals surface area contributed by atoms with E-state index in [4.69, 9.17) is 0 Å². The van der Waals surface area contributed by atoms with Gasteiger partial charge in [0.25, 0.3) is 5.91 Å². The van der Waals surface area contributed by atoms with E-state index < -0.39 is 0 Å². The lowest BCUT2D eigenvalue weighted by atomic mass is 10.1. The van der Waals surface area contributed by atoms with E-state index in [1.165, 1.54) is 6.33 Å². The molecule has 0 saturated heterocycles. The van der Waals surface area contributed by atoms with E-state index >= 15 is 0 Å². The van der Waals surface area contributed by atoms with E-state index in [2.05, 4.69) is 25.5 Å². The Morgan fingerprint density at radius 2 is 2.08 bits per heavy atom. The standard InChI is InChI=1S/C16H21N7O/c1-10(2)23-15-14(6-18-23)13(5-11(3)20-15)16(24)21-12(4)7-22-9-17-8-19-22/h5-6,8-10,12H,7H2,1-4H3,(H,21,24). The minimum Gasteiger partial charge on any atom is -0.348 e. The zero-order valence-electron chi connectivity index (χ0n) is 14.3. The first-order valence-electron chi connectivity index (χ1n) is 7.94. The third-order valence-electron chi connectivity index (χ3n) is 3.73. The smallest absolute Gasteiger partial charge is 0.252 e. The molecule has 8 heteroatoms. The fraction of sp³-hybridized carbons (Fsp3) is 0.438. The van der Waals surface area contributed by atoms with Crippen LogP contribution in [-0.2, 0) is 6.54 Å². The summed E-state index contributed by atoms with van der Waals surface area (Å²) in [5.41, 5.74) is 2.12. The van der Waals surface area contributed by atoms with Gasteiger partial charge in [-0.05, 0) is 33.8 Å². The highest BCUT2D eigenvalue weighted by Crippen LogP contribution is 2.21. The van der Waals surface area contributed by atoms with Gasteiger partial charge < -0.3 is 5.32 Å². The van der Waals surface area contributed by atoms with E-state index in [0.29, 0.717) is 12.1 Å². The molecule has 24 heavy (non-hydrogen) atoms. The second-order valence-electron chi connectivity index (χ2n) is 6.22. The number of rotatable bonds is 5. The van der Waals surface area contributed by atoms with Crippen LogP contribution in [0.5, 0.6) is 0 Å². The summed E-state index contributed by atoms with van der Waals surface area (Å²) in [5.74, 6) is -0.138. The molecule has 0 saturated carbocycles.